The third kappa shape index (κ3) is 4.81. The SMILES string of the molecule is COc1ccccc1CN/N=C/c1ccc(OC(C)C)cc1. The summed E-state index contributed by atoms with van der Waals surface area (Å²) >= 11 is 0. The normalized spacial score (nSPS) is 10.9. The van der Waals surface area contributed by atoms with E-state index in [4.69, 9.17) is 9.47 Å². The fourth-order valence-corrected chi connectivity index (χ4v) is 2.00. The first-order valence-electron chi connectivity index (χ1n) is 7.33. The van der Waals surface area contributed by atoms with E-state index in [0.29, 0.717) is 6.54 Å². The van der Waals surface area contributed by atoms with Crippen LogP contribution >= 0.6 is 0 Å². The molecule has 0 saturated heterocycles. The first-order valence-corrected chi connectivity index (χ1v) is 7.33. The molecule has 22 heavy (non-hydrogen) atoms. The van der Waals surface area contributed by atoms with Crippen LogP contribution < -0.4 is 14.9 Å². The molecule has 0 aliphatic carbocycles. The van der Waals surface area contributed by atoms with E-state index in [1.807, 2.05) is 62.4 Å². The van der Waals surface area contributed by atoms with Crippen molar-refractivity contribution in [3.63, 3.8) is 0 Å². The number of para-hydroxylation sites is 1. The van der Waals surface area contributed by atoms with Gasteiger partial charge in [0.25, 0.3) is 0 Å². The van der Waals surface area contributed by atoms with Crippen LogP contribution in [0.1, 0.15) is 25.0 Å². The molecule has 0 amide bonds. The number of nitrogens with zero attached hydrogens (tertiary/aromatic N) is 1. The molecule has 0 heterocycles. The number of methoxy groups -OCH3 is 1. The van der Waals surface area contributed by atoms with Crippen LogP contribution in [0.25, 0.3) is 0 Å². The lowest BCUT2D eigenvalue weighted by Crippen LogP contribution is -2.07. The quantitative estimate of drug-likeness (QED) is 0.627. The van der Waals surface area contributed by atoms with Gasteiger partial charge in [-0.15, -0.1) is 0 Å². The van der Waals surface area contributed by atoms with Crippen LogP contribution in [0.5, 0.6) is 11.5 Å². The summed E-state index contributed by atoms with van der Waals surface area (Å²) in [5.41, 5.74) is 5.12. The van der Waals surface area contributed by atoms with Gasteiger partial charge in [0.15, 0.2) is 0 Å². The Morgan fingerprint density at radius 2 is 1.82 bits per heavy atom. The number of hydrazone groups is 1. The Kier molecular flexibility index (Phi) is 5.83. The topological polar surface area (TPSA) is 42.8 Å². The molecule has 0 spiro atoms. The minimum atomic E-state index is 0.182. The van der Waals surface area contributed by atoms with Gasteiger partial charge in [-0.3, -0.25) is 0 Å². The van der Waals surface area contributed by atoms with E-state index in [2.05, 4.69) is 10.5 Å². The van der Waals surface area contributed by atoms with Crippen molar-refractivity contribution >= 4 is 6.21 Å². The highest BCUT2D eigenvalue weighted by Crippen LogP contribution is 2.16. The highest BCUT2D eigenvalue weighted by Gasteiger charge is 1.99. The van der Waals surface area contributed by atoms with E-state index in [1.54, 1.807) is 13.3 Å². The molecular weight excluding hydrogens is 276 g/mol. The van der Waals surface area contributed by atoms with E-state index in [-0.39, 0.29) is 6.10 Å². The summed E-state index contributed by atoms with van der Waals surface area (Å²) in [7, 11) is 1.67. The predicted molar refractivity (Wildman–Crippen MR) is 89.6 cm³/mol. The molecule has 0 atom stereocenters. The molecule has 0 aliphatic heterocycles. The first kappa shape index (κ1) is 15.9. The molecule has 2 rings (SSSR count). The van der Waals surface area contributed by atoms with Crippen molar-refractivity contribution in [1.29, 1.82) is 0 Å². The number of benzene rings is 2. The Labute approximate surface area is 131 Å². The molecule has 0 aromatic heterocycles. The highest BCUT2D eigenvalue weighted by atomic mass is 16.5. The van der Waals surface area contributed by atoms with Gasteiger partial charge in [-0.1, -0.05) is 18.2 Å². The molecule has 0 radical (unpaired) electrons. The first-order chi connectivity index (χ1) is 10.7. The Hall–Kier alpha value is -2.49. The molecule has 0 fully saturated rings. The van der Waals surface area contributed by atoms with Crippen LogP contribution in [-0.4, -0.2) is 19.4 Å². The van der Waals surface area contributed by atoms with Crippen molar-refractivity contribution in [1.82, 2.24) is 5.43 Å². The molecular formula is C18H22N2O2. The Balaban J connectivity index is 1.87. The Morgan fingerprint density at radius 1 is 1.09 bits per heavy atom. The highest BCUT2D eigenvalue weighted by molar-refractivity contribution is 5.79. The van der Waals surface area contributed by atoms with Gasteiger partial charge in [0.1, 0.15) is 11.5 Å². The van der Waals surface area contributed by atoms with Crippen LogP contribution in [0.3, 0.4) is 0 Å². The van der Waals surface area contributed by atoms with E-state index in [0.717, 1.165) is 22.6 Å². The maximum absolute atomic E-state index is 5.60. The number of hydrogen-bond donors (Lipinski definition) is 1. The van der Waals surface area contributed by atoms with Gasteiger partial charge in [-0.05, 0) is 49.7 Å². The largest absolute Gasteiger partial charge is 0.496 e. The molecule has 116 valence electrons. The van der Waals surface area contributed by atoms with Crippen molar-refractivity contribution in [2.45, 2.75) is 26.5 Å². The van der Waals surface area contributed by atoms with Crippen LogP contribution in [0, 0.1) is 0 Å². The molecule has 0 saturated carbocycles. The molecule has 4 heteroatoms. The van der Waals surface area contributed by atoms with Crippen LogP contribution in [0.15, 0.2) is 53.6 Å². The van der Waals surface area contributed by atoms with Gasteiger partial charge in [-0.2, -0.15) is 5.10 Å². The van der Waals surface area contributed by atoms with Crippen molar-refractivity contribution < 1.29 is 9.47 Å². The molecule has 1 N–H and O–H groups in total. The fourth-order valence-electron chi connectivity index (χ4n) is 2.00. The summed E-state index contributed by atoms with van der Waals surface area (Å²) in [6.07, 6.45) is 1.97. The van der Waals surface area contributed by atoms with Gasteiger partial charge in [0.05, 0.1) is 26.0 Å². The van der Waals surface area contributed by atoms with Crippen molar-refractivity contribution in [3.05, 3.63) is 59.7 Å². The number of rotatable bonds is 7. The summed E-state index contributed by atoms with van der Waals surface area (Å²) in [6, 6.07) is 15.7. The van der Waals surface area contributed by atoms with Gasteiger partial charge < -0.3 is 14.9 Å². The molecule has 0 unspecified atom stereocenters. The molecule has 2 aromatic carbocycles. The second-order valence-electron chi connectivity index (χ2n) is 5.14. The average Bonchev–Trinajstić information content (AvgIpc) is 2.53. The Morgan fingerprint density at radius 3 is 2.50 bits per heavy atom. The third-order valence-electron chi connectivity index (χ3n) is 3.02. The monoisotopic (exact) mass is 298 g/mol. The number of nitrogens with one attached hydrogen (secondary N) is 1. The lowest BCUT2D eigenvalue weighted by atomic mass is 10.2. The van der Waals surface area contributed by atoms with Gasteiger partial charge in [0, 0.05) is 5.56 Å². The van der Waals surface area contributed by atoms with E-state index >= 15 is 0 Å². The number of hydrogen-bond acceptors (Lipinski definition) is 4. The summed E-state index contributed by atoms with van der Waals surface area (Å²) in [4.78, 5) is 0. The minimum absolute atomic E-state index is 0.182. The van der Waals surface area contributed by atoms with Gasteiger partial charge >= 0.3 is 0 Å². The van der Waals surface area contributed by atoms with Crippen LogP contribution in [0.2, 0.25) is 0 Å². The third-order valence-corrected chi connectivity index (χ3v) is 3.02. The van der Waals surface area contributed by atoms with Gasteiger partial charge in [0.2, 0.25) is 0 Å². The zero-order chi connectivity index (χ0) is 15.8. The van der Waals surface area contributed by atoms with Crippen molar-refractivity contribution in [2.75, 3.05) is 7.11 Å². The zero-order valence-corrected chi connectivity index (χ0v) is 13.2. The molecule has 2 aromatic rings. The maximum Gasteiger partial charge on any atom is 0.123 e. The van der Waals surface area contributed by atoms with Crippen LogP contribution in [-0.2, 0) is 6.54 Å². The van der Waals surface area contributed by atoms with E-state index in [9.17, 15) is 0 Å². The second kappa shape index (κ2) is 8.08. The summed E-state index contributed by atoms with van der Waals surface area (Å²) in [5, 5.41) is 4.23. The van der Waals surface area contributed by atoms with Crippen molar-refractivity contribution in [2.24, 2.45) is 5.10 Å². The number of ether oxygens (including phenoxy) is 2. The smallest absolute Gasteiger partial charge is 0.123 e. The standard InChI is InChI=1S/C18H22N2O2/c1-14(2)22-17-10-8-15(9-11-17)12-19-20-13-16-6-4-5-7-18(16)21-3/h4-12,14,20H,13H2,1-3H3/b19-12+. The summed E-state index contributed by atoms with van der Waals surface area (Å²) in [5.74, 6) is 1.73. The van der Waals surface area contributed by atoms with Crippen LogP contribution in [0.4, 0.5) is 0 Å². The molecule has 0 aliphatic rings. The van der Waals surface area contributed by atoms with E-state index in [1.165, 1.54) is 0 Å². The van der Waals surface area contributed by atoms with E-state index < -0.39 is 0 Å². The fraction of sp³-hybridized carbons (Fsp3) is 0.278. The van der Waals surface area contributed by atoms with Crippen molar-refractivity contribution in [3.8, 4) is 11.5 Å². The zero-order valence-electron chi connectivity index (χ0n) is 13.2. The predicted octanol–water partition coefficient (Wildman–Crippen LogP) is 3.61. The maximum atomic E-state index is 5.60. The lowest BCUT2D eigenvalue weighted by Gasteiger charge is -2.09. The molecule has 0 bridgehead atoms. The van der Waals surface area contributed by atoms with Gasteiger partial charge in [-0.25, -0.2) is 0 Å². The summed E-state index contributed by atoms with van der Waals surface area (Å²) in [6.45, 7) is 4.64. The summed E-state index contributed by atoms with van der Waals surface area (Å²) < 4.78 is 10.9. The molecule has 4 nitrogen and oxygen atoms in total. The average molecular weight is 298 g/mol. The lowest BCUT2D eigenvalue weighted by molar-refractivity contribution is 0.242. The minimum Gasteiger partial charge on any atom is -0.496 e. The second-order valence-corrected chi connectivity index (χ2v) is 5.14. The Bertz CT molecular complexity index is 607.